The van der Waals surface area contributed by atoms with E-state index in [4.69, 9.17) is 8.14 Å². The first-order chi connectivity index (χ1) is 12.3. The minimum absolute atomic E-state index is 0.0644. The summed E-state index contributed by atoms with van der Waals surface area (Å²) in [5.74, 6) is -2.05. The first kappa shape index (κ1) is 17.8. The average molecular weight is 419 g/mol. The topological polar surface area (TPSA) is 126 Å². The molecule has 134 valence electrons. The molecule has 1 aromatic heterocycles. The molecule has 3 rings (SSSR count). The maximum absolute atomic E-state index is 12.5. The average Bonchev–Trinajstić information content (AvgIpc) is 3.00. The zero-order valence-electron chi connectivity index (χ0n) is 13.5. The van der Waals surface area contributed by atoms with Gasteiger partial charge in [-0.25, -0.2) is 0 Å². The van der Waals surface area contributed by atoms with E-state index in [2.05, 4.69) is 5.32 Å². The maximum atomic E-state index is 12.5. The number of carbonyl (C=O) groups excluding carboxylic acids is 2. The Bertz CT molecular complexity index is 1020. The van der Waals surface area contributed by atoms with Crippen LogP contribution in [-0.2, 0) is 12.3 Å². The monoisotopic (exact) mass is 419 g/mol. The summed E-state index contributed by atoms with van der Waals surface area (Å²) in [6.07, 6.45) is 0. The quantitative estimate of drug-likeness (QED) is 0.433. The van der Waals surface area contributed by atoms with Crippen LogP contribution in [-0.4, -0.2) is 35.3 Å². The van der Waals surface area contributed by atoms with Gasteiger partial charge in [0.05, 0.1) is 0 Å². The molecule has 0 saturated heterocycles. The molecular formula is C17H14AsNO7. The molecule has 0 radical (unpaired) electrons. The summed E-state index contributed by atoms with van der Waals surface area (Å²) in [5, 5.41) is 12.7. The molecule has 1 atom stereocenters. The van der Waals surface area contributed by atoms with Crippen molar-refractivity contribution in [3.63, 3.8) is 0 Å². The molecule has 0 aliphatic heterocycles. The Labute approximate surface area is 150 Å². The van der Waals surface area contributed by atoms with Crippen molar-refractivity contribution in [2.45, 2.75) is 6.92 Å². The van der Waals surface area contributed by atoms with E-state index in [0.29, 0.717) is 11.0 Å². The molecule has 0 bridgehead atoms. The van der Waals surface area contributed by atoms with Crippen LogP contribution in [0.1, 0.15) is 17.5 Å². The fourth-order valence-electron chi connectivity index (χ4n) is 2.28. The molecule has 9 heteroatoms. The summed E-state index contributed by atoms with van der Waals surface area (Å²) >= 11 is -5.29. The number of hydrogen-bond acceptors (Lipinski definition) is 6. The van der Waals surface area contributed by atoms with Gasteiger partial charge in [0.1, 0.15) is 0 Å². The van der Waals surface area contributed by atoms with Crippen LogP contribution in [0.15, 0.2) is 52.9 Å². The Kier molecular flexibility index (Phi) is 4.63. The zero-order valence-corrected chi connectivity index (χ0v) is 15.4. The van der Waals surface area contributed by atoms with Crippen molar-refractivity contribution in [3.8, 4) is 5.75 Å². The van der Waals surface area contributed by atoms with Crippen molar-refractivity contribution in [3.05, 3.63) is 54.3 Å². The van der Waals surface area contributed by atoms with Gasteiger partial charge < -0.3 is 0 Å². The molecule has 3 N–H and O–H groups in total. The van der Waals surface area contributed by atoms with Crippen LogP contribution in [0.2, 0.25) is 0 Å². The second kappa shape index (κ2) is 6.74. The normalized spacial score (nSPS) is 13.2. The molecule has 1 amide bonds. The number of furan rings is 1. The SMILES string of the molecule is CC(=O)Nc1cc([As](=O)(O)OC(=O)c2cc3ccccc3o2)ccc1O. The van der Waals surface area contributed by atoms with Crippen molar-refractivity contribution < 1.29 is 30.7 Å². The number of rotatable bonds is 4. The van der Waals surface area contributed by atoms with Gasteiger partial charge in [-0.2, -0.15) is 0 Å². The molecule has 8 nitrogen and oxygen atoms in total. The molecule has 0 aliphatic carbocycles. The predicted molar refractivity (Wildman–Crippen MR) is 92.3 cm³/mol. The van der Waals surface area contributed by atoms with Crippen LogP contribution >= 0.6 is 0 Å². The molecule has 2 aromatic carbocycles. The van der Waals surface area contributed by atoms with E-state index in [0.717, 1.165) is 18.2 Å². The van der Waals surface area contributed by atoms with Crippen molar-refractivity contribution in [1.29, 1.82) is 0 Å². The van der Waals surface area contributed by atoms with Crippen molar-refractivity contribution >= 4 is 47.1 Å². The van der Waals surface area contributed by atoms with Gasteiger partial charge in [-0.05, 0) is 0 Å². The van der Waals surface area contributed by atoms with E-state index in [-0.39, 0.29) is 21.5 Å². The third-order valence-electron chi connectivity index (χ3n) is 3.45. The van der Waals surface area contributed by atoms with Gasteiger partial charge in [0.15, 0.2) is 0 Å². The molecule has 1 heterocycles. The summed E-state index contributed by atoms with van der Waals surface area (Å²) in [7, 11) is 0. The van der Waals surface area contributed by atoms with Crippen molar-refractivity contribution in [2.24, 2.45) is 0 Å². The minimum atomic E-state index is -5.29. The Morgan fingerprint density at radius 2 is 1.88 bits per heavy atom. The number of carbonyl (C=O) groups is 2. The Morgan fingerprint density at radius 3 is 2.58 bits per heavy atom. The van der Waals surface area contributed by atoms with Gasteiger partial charge in [0, 0.05) is 0 Å². The number of phenols is 1. The molecule has 0 fully saturated rings. The molecule has 0 aliphatic rings. The van der Waals surface area contributed by atoms with E-state index in [1.165, 1.54) is 13.0 Å². The standard InChI is InChI=1S/C17H14AsNO7/c1-10(20)19-13-9-12(6-7-14(13)21)18(23,24)26-17(22)16-8-11-4-2-3-5-15(11)25-16/h2-9,21H,1H3,(H,19,20)(H,23,24). The van der Waals surface area contributed by atoms with Crippen LogP contribution in [0, 0.1) is 0 Å². The van der Waals surface area contributed by atoms with Crippen molar-refractivity contribution in [2.75, 3.05) is 5.32 Å². The first-order valence-electron chi connectivity index (χ1n) is 7.43. The number of phenolic OH excluding ortho intramolecular Hbond substituents is 1. The van der Waals surface area contributed by atoms with Crippen LogP contribution < -0.4 is 9.67 Å². The van der Waals surface area contributed by atoms with E-state index in [9.17, 15) is 22.5 Å². The van der Waals surface area contributed by atoms with Gasteiger partial charge >= 0.3 is 150 Å². The summed E-state index contributed by atoms with van der Waals surface area (Å²) in [6.45, 7) is 1.22. The van der Waals surface area contributed by atoms with Crippen LogP contribution in [0.5, 0.6) is 5.75 Å². The number of nitrogens with one attached hydrogen (secondary N) is 1. The number of amides is 1. The number of hydrogen-bond donors (Lipinski definition) is 3. The number of para-hydroxylation sites is 1. The number of anilines is 1. The summed E-state index contributed by atoms with van der Waals surface area (Å²) < 4.78 is 32.6. The number of aromatic hydroxyl groups is 1. The van der Waals surface area contributed by atoms with Gasteiger partial charge in [-0.3, -0.25) is 0 Å². The predicted octanol–water partition coefficient (Wildman–Crippen LogP) is 1.52. The molecule has 0 saturated carbocycles. The van der Waals surface area contributed by atoms with Crippen LogP contribution in [0.3, 0.4) is 0 Å². The van der Waals surface area contributed by atoms with E-state index < -0.39 is 26.0 Å². The summed E-state index contributed by atoms with van der Waals surface area (Å²) in [6, 6.07) is 11.6. The van der Waals surface area contributed by atoms with Gasteiger partial charge in [-0.1, -0.05) is 0 Å². The molecular weight excluding hydrogens is 405 g/mol. The van der Waals surface area contributed by atoms with E-state index in [1.807, 2.05) is 0 Å². The van der Waals surface area contributed by atoms with Crippen LogP contribution in [0.4, 0.5) is 5.69 Å². The summed E-state index contributed by atoms with van der Waals surface area (Å²) in [4.78, 5) is 23.3. The Hall–Kier alpha value is -2.96. The number of fused-ring (bicyclic) bond motifs is 1. The van der Waals surface area contributed by atoms with E-state index in [1.54, 1.807) is 24.3 Å². The number of benzene rings is 2. The fraction of sp³-hybridized carbons (Fsp3) is 0.0588. The Morgan fingerprint density at radius 1 is 1.15 bits per heavy atom. The third kappa shape index (κ3) is 3.66. The first-order valence-corrected chi connectivity index (χ1v) is 10.7. The zero-order chi connectivity index (χ0) is 18.9. The molecule has 26 heavy (non-hydrogen) atoms. The van der Waals surface area contributed by atoms with Crippen LogP contribution in [0.25, 0.3) is 11.0 Å². The van der Waals surface area contributed by atoms with Gasteiger partial charge in [0.2, 0.25) is 0 Å². The second-order valence-corrected chi connectivity index (χ2v) is 9.08. The fourth-order valence-corrected chi connectivity index (χ4v) is 4.33. The molecule has 0 spiro atoms. The van der Waals surface area contributed by atoms with E-state index >= 15 is 0 Å². The van der Waals surface area contributed by atoms with Gasteiger partial charge in [-0.15, -0.1) is 0 Å². The molecule has 3 aromatic rings. The second-order valence-electron chi connectivity index (χ2n) is 5.43. The van der Waals surface area contributed by atoms with Gasteiger partial charge in [0.25, 0.3) is 0 Å². The third-order valence-corrected chi connectivity index (χ3v) is 6.27. The summed E-state index contributed by atoms with van der Waals surface area (Å²) in [5.41, 5.74) is 0.377. The molecule has 1 unspecified atom stereocenters. The van der Waals surface area contributed by atoms with Crippen molar-refractivity contribution in [1.82, 2.24) is 0 Å². The Balaban J connectivity index is 1.87.